The van der Waals surface area contributed by atoms with Crippen molar-refractivity contribution in [1.29, 1.82) is 0 Å². The second kappa shape index (κ2) is 11.1. The molecule has 0 spiro atoms. The number of carbonyl (C=O) groups is 3. The number of nitrogens with one attached hydrogen (secondary N) is 2. The molecule has 1 aromatic heterocycles. The highest BCUT2D eigenvalue weighted by Crippen LogP contribution is 2.42. The summed E-state index contributed by atoms with van der Waals surface area (Å²) in [5, 5.41) is 14.7. The van der Waals surface area contributed by atoms with Crippen LogP contribution in [0.5, 0.6) is 0 Å². The van der Waals surface area contributed by atoms with E-state index in [0.29, 0.717) is 19.4 Å². The maximum Gasteiger partial charge on any atom is 0.416 e. The minimum absolute atomic E-state index is 0.0116. The number of pyridine rings is 1. The quantitative estimate of drug-likeness (QED) is 0.498. The topological polar surface area (TPSA) is 115 Å². The van der Waals surface area contributed by atoms with Crippen LogP contribution in [0.3, 0.4) is 0 Å². The van der Waals surface area contributed by atoms with Gasteiger partial charge in [0.2, 0.25) is 5.91 Å². The third-order valence-corrected chi connectivity index (χ3v) is 8.57. The number of halogens is 3. The molecule has 3 heterocycles. The summed E-state index contributed by atoms with van der Waals surface area (Å²) in [5.74, 6) is -0.977. The van der Waals surface area contributed by atoms with Gasteiger partial charge in [0.05, 0.1) is 23.3 Å². The molecule has 214 valence electrons. The number of carbonyl (C=O) groups excluding carboxylic acids is 2. The number of amides is 3. The van der Waals surface area contributed by atoms with Gasteiger partial charge in [0.15, 0.2) is 0 Å². The maximum absolute atomic E-state index is 13.0. The summed E-state index contributed by atoms with van der Waals surface area (Å²) < 4.78 is 38.9. The smallest absolute Gasteiger partial charge is 0.416 e. The third kappa shape index (κ3) is 5.63. The Hall–Kier alpha value is -3.67. The number of nitrogens with zero attached hydrogens (tertiary/aromatic N) is 3. The van der Waals surface area contributed by atoms with Gasteiger partial charge in [-0.15, -0.1) is 0 Å². The molecule has 2 saturated heterocycles. The van der Waals surface area contributed by atoms with Crippen molar-refractivity contribution in [3.05, 3.63) is 65.5 Å². The molecule has 0 bridgehead atoms. The van der Waals surface area contributed by atoms with E-state index in [1.165, 1.54) is 12.1 Å². The van der Waals surface area contributed by atoms with Crippen LogP contribution in [0.1, 0.15) is 60.1 Å². The number of benzene rings is 1. The van der Waals surface area contributed by atoms with Crippen molar-refractivity contribution in [2.75, 3.05) is 19.6 Å². The number of rotatable bonds is 6. The van der Waals surface area contributed by atoms with Crippen LogP contribution < -0.4 is 10.6 Å². The fourth-order valence-electron chi connectivity index (χ4n) is 6.70. The largest absolute Gasteiger partial charge is 0.465 e. The molecule has 2 aromatic rings. The van der Waals surface area contributed by atoms with Crippen molar-refractivity contribution in [3.63, 3.8) is 0 Å². The summed E-state index contributed by atoms with van der Waals surface area (Å²) in [6.07, 6.45) is 0.469. The van der Waals surface area contributed by atoms with Crippen LogP contribution in [0.25, 0.3) is 0 Å². The number of carboxylic acid groups (broad SMARTS) is 1. The van der Waals surface area contributed by atoms with E-state index in [2.05, 4.69) is 20.5 Å². The Bertz CT molecular complexity index is 1250. The Morgan fingerprint density at radius 1 is 1.00 bits per heavy atom. The predicted octanol–water partition coefficient (Wildman–Crippen LogP) is 3.61. The van der Waals surface area contributed by atoms with E-state index in [4.69, 9.17) is 0 Å². The molecule has 1 aliphatic carbocycles. The van der Waals surface area contributed by atoms with E-state index in [1.54, 1.807) is 17.2 Å². The van der Waals surface area contributed by atoms with Crippen LogP contribution in [0.15, 0.2) is 48.7 Å². The Morgan fingerprint density at radius 2 is 1.75 bits per heavy atom. The van der Waals surface area contributed by atoms with Gasteiger partial charge in [0, 0.05) is 43.0 Å². The predicted molar refractivity (Wildman–Crippen MR) is 138 cm³/mol. The number of fused-ring (bicyclic) bond motifs is 1. The minimum Gasteiger partial charge on any atom is -0.465 e. The van der Waals surface area contributed by atoms with Crippen LogP contribution >= 0.6 is 0 Å². The third-order valence-electron chi connectivity index (χ3n) is 8.57. The summed E-state index contributed by atoms with van der Waals surface area (Å²) in [6, 6.07) is 10.1. The van der Waals surface area contributed by atoms with Crippen molar-refractivity contribution >= 4 is 17.9 Å². The molecule has 5 rings (SSSR count). The lowest BCUT2D eigenvalue weighted by atomic mass is 9.76. The zero-order chi connectivity index (χ0) is 28.5. The maximum atomic E-state index is 13.0. The Labute approximate surface area is 229 Å². The van der Waals surface area contributed by atoms with Gasteiger partial charge >= 0.3 is 12.3 Å². The second-order valence-corrected chi connectivity index (χ2v) is 10.8. The lowest BCUT2D eigenvalue weighted by molar-refractivity contribution is -0.137. The van der Waals surface area contributed by atoms with Crippen LogP contribution in [0.2, 0.25) is 0 Å². The number of hydrogen-bond acceptors (Lipinski definition) is 5. The first-order chi connectivity index (χ1) is 19.1. The Kier molecular flexibility index (Phi) is 7.72. The van der Waals surface area contributed by atoms with E-state index in [-0.39, 0.29) is 36.1 Å². The molecule has 12 heteroatoms. The number of hydrogen-bond donors (Lipinski definition) is 3. The van der Waals surface area contributed by atoms with Crippen molar-refractivity contribution < 1.29 is 32.7 Å². The highest BCUT2D eigenvalue weighted by Gasteiger charge is 2.48. The van der Waals surface area contributed by atoms with E-state index in [0.717, 1.165) is 50.1 Å². The average molecular weight is 560 g/mol. The van der Waals surface area contributed by atoms with Gasteiger partial charge in [-0.3, -0.25) is 19.5 Å². The van der Waals surface area contributed by atoms with E-state index >= 15 is 0 Å². The van der Waals surface area contributed by atoms with Gasteiger partial charge in [0.1, 0.15) is 0 Å². The van der Waals surface area contributed by atoms with Crippen LogP contribution in [0.4, 0.5) is 18.0 Å². The second-order valence-electron chi connectivity index (χ2n) is 10.8. The van der Waals surface area contributed by atoms with Crippen molar-refractivity contribution in [2.24, 2.45) is 0 Å². The van der Waals surface area contributed by atoms with Gasteiger partial charge in [-0.25, -0.2) is 4.79 Å². The van der Waals surface area contributed by atoms with Crippen LogP contribution in [-0.2, 0) is 16.5 Å². The summed E-state index contributed by atoms with van der Waals surface area (Å²) >= 11 is 0. The zero-order valence-electron chi connectivity index (χ0n) is 21.9. The molecule has 2 atom stereocenters. The van der Waals surface area contributed by atoms with E-state index in [9.17, 15) is 32.7 Å². The highest BCUT2D eigenvalue weighted by molar-refractivity contribution is 5.96. The van der Waals surface area contributed by atoms with Crippen LogP contribution in [-0.4, -0.2) is 75.6 Å². The van der Waals surface area contributed by atoms with Gasteiger partial charge < -0.3 is 20.6 Å². The molecule has 1 aromatic carbocycles. The molecule has 3 aliphatic rings. The molecule has 3 fully saturated rings. The SMILES string of the molecule is O=C(O)N[C@]1(c2ccccn2)CC[C@H](N2CCC3C2CCN3C(=O)CNC(=O)c2cccc(C(F)(F)F)c2)CC1. The van der Waals surface area contributed by atoms with Crippen molar-refractivity contribution in [3.8, 4) is 0 Å². The Morgan fingerprint density at radius 3 is 2.42 bits per heavy atom. The molecule has 9 nitrogen and oxygen atoms in total. The van der Waals surface area contributed by atoms with Crippen molar-refractivity contribution in [2.45, 2.75) is 68.4 Å². The monoisotopic (exact) mass is 559 g/mol. The summed E-state index contributed by atoms with van der Waals surface area (Å²) in [7, 11) is 0. The molecule has 0 radical (unpaired) electrons. The van der Waals surface area contributed by atoms with Gasteiger partial charge in [-0.2, -0.15) is 13.2 Å². The van der Waals surface area contributed by atoms with Gasteiger partial charge in [0.25, 0.3) is 5.91 Å². The van der Waals surface area contributed by atoms with Crippen LogP contribution in [0, 0.1) is 0 Å². The zero-order valence-corrected chi connectivity index (χ0v) is 21.9. The van der Waals surface area contributed by atoms with Gasteiger partial charge in [-0.1, -0.05) is 12.1 Å². The molecule has 3 N–H and O–H groups in total. The fourth-order valence-corrected chi connectivity index (χ4v) is 6.70. The average Bonchev–Trinajstić information content (AvgIpc) is 3.54. The molecule has 3 amide bonds. The molecular formula is C28H32F3N5O4. The lowest BCUT2D eigenvalue weighted by Crippen LogP contribution is -2.52. The first-order valence-corrected chi connectivity index (χ1v) is 13.5. The first kappa shape index (κ1) is 27.9. The Balaban J connectivity index is 1.17. The fraction of sp³-hybridized carbons (Fsp3) is 0.500. The molecule has 1 saturated carbocycles. The molecular weight excluding hydrogens is 527 g/mol. The standard InChI is InChI=1S/C28H32F3N5O4/c29-28(30,31)19-5-3-4-18(16-19)25(38)33-17-24(37)36-15-10-21-22(36)9-14-35(21)20-7-11-27(12-8-20,34-26(39)40)23-6-1-2-13-32-23/h1-6,13,16,20-22,34H,7-12,14-15,17H2,(H,33,38)(H,39,40)/t20-,21?,22?,27+. The van der Waals surface area contributed by atoms with E-state index in [1.807, 2.05) is 12.1 Å². The summed E-state index contributed by atoms with van der Waals surface area (Å²) in [5.41, 5.74) is -1.07. The molecule has 2 aliphatic heterocycles. The number of alkyl halides is 3. The minimum atomic E-state index is -4.56. The number of aromatic nitrogens is 1. The highest BCUT2D eigenvalue weighted by atomic mass is 19.4. The molecule has 40 heavy (non-hydrogen) atoms. The molecule has 2 unspecified atom stereocenters. The summed E-state index contributed by atoms with van der Waals surface area (Å²) in [6.45, 7) is 1.09. The normalized spacial score (nSPS) is 26.8. The van der Waals surface area contributed by atoms with Gasteiger partial charge in [-0.05, 0) is 68.9 Å². The first-order valence-electron chi connectivity index (χ1n) is 13.5. The summed E-state index contributed by atoms with van der Waals surface area (Å²) in [4.78, 5) is 45.7. The van der Waals surface area contributed by atoms with E-state index < -0.39 is 29.3 Å². The van der Waals surface area contributed by atoms with Crippen molar-refractivity contribution in [1.82, 2.24) is 25.4 Å². The number of likely N-dealkylation sites (tertiary alicyclic amines) is 2. The lowest BCUT2D eigenvalue weighted by Gasteiger charge is -2.43.